The number of nitrogens with one attached hydrogen (secondary N) is 8. The molecule has 0 radical (unpaired) electrons. The molecule has 0 spiro atoms. The summed E-state index contributed by atoms with van der Waals surface area (Å²) in [5.74, 6) is -7.59. The smallest absolute Gasteiger partial charge is 0.246 e. The number of nitrogens with zero attached hydrogens (tertiary/aromatic N) is 2. The summed E-state index contributed by atoms with van der Waals surface area (Å²) < 4.78 is 0. The van der Waals surface area contributed by atoms with Gasteiger partial charge in [-0.3, -0.25) is 47.9 Å². The van der Waals surface area contributed by atoms with Crippen molar-refractivity contribution in [3.63, 3.8) is 0 Å². The van der Waals surface area contributed by atoms with Gasteiger partial charge in [-0.1, -0.05) is 165 Å². The van der Waals surface area contributed by atoms with Crippen molar-refractivity contribution in [3.05, 3.63) is 120 Å². The molecule has 0 saturated carbocycles. The molecule has 0 aliphatic carbocycles. The molecule has 3 heterocycles. The molecular weight excluding hydrogens is 1290 g/mol. The van der Waals surface area contributed by atoms with E-state index >= 15 is 19.2 Å². The molecule has 3 fully saturated rings. The molecule has 548 valence electrons. The van der Waals surface area contributed by atoms with Gasteiger partial charge in [0.15, 0.2) is 0 Å². The van der Waals surface area contributed by atoms with E-state index in [9.17, 15) is 28.8 Å². The fourth-order valence-corrected chi connectivity index (χ4v) is 15.2. The minimum absolute atomic E-state index is 0.00302. The van der Waals surface area contributed by atoms with Crippen molar-refractivity contribution >= 4 is 102 Å². The Balaban J connectivity index is 1.05. The Morgan fingerprint density at radius 3 is 1.12 bits per heavy atom. The second-order valence-corrected chi connectivity index (χ2v) is 29.9. The average molecular weight is 1400 g/mol. The maximum atomic E-state index is 15.5. The molecule has 0 bridgehead atoms. The van der Waals surface area contributed by atoms with Gasteiger partial charge in [-0.25, -0.2) is 0 Å². The number of carbonyl (C=O) groups excluding carboxylic acids is 10. The van der Waals surface area contributed by atoms with E-state index in [1.807, 2.05) is 165 Å². The van der Waals surface area contributed by atoms with Crippen molar-refractivity contribution in [2.45, 2.75) is 194 Å². The molecule has 6 aromatic carbocycles. The summed E-state index contributed by atoms with van der Waals surface area (Å²) >= 11 is 0. The molecule has 3 aliphatic heterocycles. The van der Waals surface area contributed by atoms with Crippen LogP contribution in [0.3, 0.4) is 0 Å². The predicted octanol–water partition coefficient (Wildman–Crippen LogP) is 7.12. The number of amides is 10. The molecule has 12 N–H and O–H groups in total. The van der Waals surface area contributed by atoms with E-state index in [0.717, 1.165) is 54.2 Å². The summed E-state index contributed by atoms with van der Waals surface area (Å²) in [7, 11) is 0. The lowest BCUT2D eigenvalue weighted by molar-refractivity contribution is -0.142. The lowest BCUT2D eigenvalue weighted by atomic mass is 9.91. The van der Waals surface area contributed by atoms with Crippen LogP contribution < -0.4 is 54.0 Å². The Kier molecular flexibility index (Phi) is 27.4. The summed E-state index contributed by atoms with van der Waals surface area (Å²) in [6, 6.07) is 27.7. The van der Waals surface area contributed by atoms with E-state index in [1.165, 1.54) is 9.80 Å². The summed E-state index contributed by atoms with van der Waals surface area (Å²) in [6.45, 7) is 15.7. The first-order chi connectivity index (χ1) is 48.9. The van der Waals surface area contributed by atoms with Gasteiger partial charge in [-0.05, 0) is 155 Å². The van der Waals surface area contributed by atoms with Crippen LogP contribution in [0, 0.1) is 35.5 Å². The first-order valence-electron chi connectivity index (χ1n) is 37.1. The van der Waals surface area contributed by atoms with Gasteiger partial charge in [-0.15, -0.1) is 0 Å². The molecule has 0 aromatic heterocycles. The predicted molar refractivity (Wildman–Crippen MR) is 399 cm³/mol. The van der Waals surface area contributed by atoms with Gasteiger partial charge < -0.3 is 63.8 Å². The summed E-state index contributed by atoms with van der Waals surface area (Å²) in [5.41, 5.74) is 13.6. The molecule has 22 nitrogen and oxygen atoms in total. The first-order valence-corrected chi connectivity index (χ1v) is 37.1. The summed E-state index contributed by atoms with van der Waals surface area (Å²) in [5, 5.41) is 31.8. The average Bonchev–Trinajstić information content (AvgIpc) is 0.932. The van der Waals surface area contributed by atoms with Crippen LogP contribution in [-0.4, -0.2) is 156 Å². The third kappa shape index (κ3) is 19.8. The van der Waals surface area contributed by atoms with E-state index in [2.05, 4.69) is 42.5 Å². The number of hydrogen-bond acceptors (Lipinski definition) is 12. The van der Waals surface area contributed by atoms with Crippen molar-refractivity contribution in [3.8, 4) is 0 Å². The normalized spacial score (nSPS) is 24.3. The number of fused-ring (bicyclic) bond motifs is 8. The van der Waals surface area contributed by atoms with Crippen LogP contribution in [0.4, 0.5) is 0 Å². The quantitative estimate of drug-likeness (QED) is 0.0433. The van der Waals surface area contributed by atoms with Gasteiger partial charge >= 0.3 is 0 Å². The second-order valence-electron chi connectivity index (χ2n) is 29.9. The van der Waals surface area contributed by atoms with Gasteiger partial charge in [0.2, 0.25) is 59.1 Å². The van der Waals surface area contributed by atoms with E-state index in [-0.39, 0.29) is 101 Å². The lowest BCUT2D eigenvalue weighted by Gasteiger charge is -2.32. The Bertz CT molecular complexity index is 3730. The van der Waals surface area contributed by atoms with Crippen molar-refractivity contribution in [2.24, 2.45) is 47.0 Å². The zero-order chi connectivity index (χ0) is 73.3. The molecular formula is C80H108N12O10. The number of rotatable bonds is 16. The molecule has 10 amide bonds. The van der Waals surface area contributed by atoms with Crippen LogP contribution in [0.5, 0.6) is 0 Å². The fourth-order valence-electron chi connectivity index (χ4n) is 15.2. The van der Waals surface area contributed by atoms with Gasteiger partial charge in [0, 0.05) is 63.9 Å². The molecule has 0 unspecified atom stereocenters. The fraction of sp³-hybridized carbons (Fsp3) is 0.525. The molecule has 9 rings (SSSR count). The minimum atomic E-state index is -1.19. The first kappa shape index (κ1) is 77.1. The van der Waals surface area contributed by atoms with Crippen LogP contribution >= 0.6 is 0 Å². The summed E-state index contributed by atoms with van der Waals surface area (Å²) in [4.78, 5) is 152. The Hall–Kier alpha value is -9.02. The van der Waals surface area contributed by atoms with Crippen LogP contribution in [0.25, 0.3) is 43.1 Å². The van der Waals surface area contributed by atoms with E-state index in [4.69, 9.17) is 11.5 Å². The highest BCUT2D eigenvalue weighted by Gasteiger charge is 2.43. The molecule has 10 atom stereocenters. The number of nitrogens with two attached hydrogens (primary N) is 2. The van der Waals surface area contributed by atoms with Crippen molar-refractivity contribution in [2.75, 3.05) is 39.3 Å². The van der Waals surface area contributed by atoms with E-state index in [0.29, 0.717) is 51.4 Å². The van der Waals surface area contributed by atoms with Gasteiger partial charge in [0.05, 0.1) is 11.8 Å². The zero-order valence-electron chi connectivity index (χ0n) is 60.7. The molecule has 22 heteroatoms. The standard InChI is InChI=1S/C80H108N12O10/c1-47(2)37-55-43-71(93)87-65(29-17-33-81)75(97)83-45-63(49(5)6)74(96)90-68(42-54-40-52-22-10-12-24-58(52)62-28-16-14-26-60(54)62)80(102)92-36-20-32-70(92)78(100)86-56(38-48(3)4)44-72(94)88-66(30-18-34-82)76(98)84-46-64(50(7)8)73(95)89-67(79(101)91-35-19-31-69(91)77(99)85-55)41-53-39-51-21-9-11-23-57(51)61-27-15-13-25-59(53)61/h9-16,21-28,39-40,47-50,55-56,63-70H,17-20,29-38,41-46,81-82H2,1-8H3,(H,83,97)(H,84,98)(H,85,99)(H,86,100)(H,87,93)(H,88,94)(H,89,95)(H,90,96)/t55-,56-,63-,64-,65+,66+,67+,68+,69-,70-/m0/s1. The van der Waals surface area contributed by atoms with E-state index < -0.39 is 119 Å². The Labute approximate surface area is 599 Å². The third-order valence-electron chi connectivity index (χ3n) is 20.5. The molecule has 102 heavy (non-hydrogen) atoms. The number of benzene rings is 6. The second kappa shape index (κ2) is 36.2. The largest absolute Gasteiger partial charge is 0.354 e. The van der Waals surface area contributed by atoms with Crippen molar-refractivity contribution in [1.29, 1.82) is 0 Å². The minimum Gasteiger partial charge on any atom is -0.354 e. The number of hydrogen-bond donors (Lipinski definition) is 10. The lowest BCUT2D eigenvalue weighted by Crippen LogP contribution is -2.57. The van der Waals surface area contributed by atoms with Gasteiger partial charge in [-0.2, -0.15) is 0 Å². The summed E-state index contributed by atoms with van der Waals surface area (Å²) in [6.07, 6.45) is 3.03. The van der Waals surface area contributed by atoms with Crippen LogP contribution in [0.1, 0.15) is 144 Å². The highest BCUT2D eigenvalue weighted by molar-refractivity contribution is 6.10. The van der Waals surface area contributed by atoms with Crippen molar-refractivity contribution in [1.82, 2.24) is 52.3 Å². The Morgan fingerprint density at radius 1 is 0.412 bits per heavy atom. The maximum Gasteiger partial charge on any atom is 0.246 e. The van der Waals surface area contributed by atoms with Crippen LogP contribution in [-0.2, 0) is 60.8 Å². The number of carbonyl (C=O) groups is 10. The van der Waals surface area contributed by atoms with Gasteiger partial charge in [0.25, 0.3) is 0 Å². The van der Waals surface area contributed by atoms with Crippen LogP contribution in [0.2, 0.25) is 0 Å². The maximum absolute atomic E-state index is 15.5. The van der Waals surface area contributed by atoms with Gasteiger partial charge in [0.1, 0.15) is 36.3 Å². The topological polar surface area (TPSA) is 325 Å². The highest BCUT2D eigenvalue weighted by Crippen LogP contribution is 2.33. The molecule has 6 aromatic rings. The van der Waals surface area contributed by atoms with E-state index in [1.54, 1.807) is 0 Å². The monoisotopic (exact) mass is 1400 g/mol. The zero-order valence-corrected chi connectivity index (χ0v) is 60.7. The van der Waals surface area contributed by atoms with Crippen molar-refractivity contribution < 1.29 is 47.9 Å². The third-order valence-corrected chi connectivity index (χ3v) is 20.5. The van der Waals surface area contributed by atoms with Crippen LogP contribution in [0.15, 0.2) is 109 Å². The SMILES string of the molecule is CC(C)C[C@H]1CC(=O)N[C@H](CCCN)C(=O)NC[C@@H](C(C)C)C(=O)N[C@H](Cc2cc3ccccc3c3ccccc23)C(=O)N2CCC[C@H]2C(=O)N[C@@H](CC(C)C)CC(=O)N[C@H](CCCN)C(=O)NC[C@@H](C(C)C)C(=O)N[C@H](Cc2cc3ccccc3c3ccccc23)C(=O)N2CCC[C@H]2C(=O)N1. The Morgan fingerprint density at radius 2 is 0.765 bits per heavy atom. The highest BCUT2D eigenvalue weighted by atomic mass is 16.2. The molecule has 3 aliphatic rings. The molecule has 3 saturated heterocycles.